The molecule has 3 aliphatic rings. The van der Waals surface area contributed by atoms with Crippen LogP contribution in [0, 0.1) is 17.8 Å². The van der Waals surface area contributed by atoms with Gasteiger partial charge in [0.15, 0.2) is 0 Å². The van der Waals surface area contributed by atoms with Crippen LogP contribution in [0.2, 0.25) is 0 Å². The molecule has 0 radical (unpaired) electrons. The zero-order valence-corrected chi connectivity index (χ0v) is 24.1. The lowest BCUT2D eigenvalue weighted by molar-refractivity contribution is -0.154. The van der Waals surface area contributed by atoms with Gasteiger partial charge < -0.3 is 14.2 Å². The number of benzene rings is 1. The van der Waals surface area contributed by atoms with Crippen molar-refractivity contribution in [2.75, 3.05) is 40.0 Å². The molecule has 1 aromatic heterocycles. The molecule has 3 fully saturated rings. The minimum absolute atomic E-state index is 0.130. The summed E-state index contributed by atoms with van der Waals surface area (Å²) < 4.78 is 15.7. The Morgan fingerprint density at radius 3 is 2.37 bits per heavy atom. The molecular weight excluding hydrogens is 528 g/mol. The van der Waals surface area contributed by atoms with Gasteiger partial charge >= 0.3 is 18.0 Å². The summed E-state index contributed by atoms with van der Waals surface area (Å²) in [5.41, 5.74) is 0.890. The van der Waals surface area contributed by atoms with Crippen molar-refractivity contribution < 1.29 is 28.6 Å². The topological polar surface area (TPSA) is 129 Å². The molecule has 12 heteroatoms. The Morgan fingerprint density at radius 1 is 0.878 bits per heavy atom. The number of hydrogen-bond donors (Lipinski definition) is 0. The molecule has 1 saturated carbocycles. The van der Waals surface area contributed by atoms with E-state index in [2.05, 4.69) is 20.3 Å². The molecule has 0 spiro atoms. The van der Waals surface area contributed by atoms with E-state index >= 15 is 0 Å². The van der Waals surface area contributed by atoms with E-state index in [-0.39, 0.29) is 48.4 Å². The Bertz CT molecular complexity index is 1210. The van der Waals surface area contributed by atoms with Gasteiger partial charge in [-0.15, -0.1) is 10.2 Å². The molecule has 1 aromatic carbocycles. The second-order valence-corrected chi connectivity index (χ2v) is 11.2. The maximum Gasteiger partial charge on any atom is 0.410 e. The molecule has 3 heterocycles. The standard InChI is InChI=1S/C29H40N6O6/c1-4-40-27(36)22-14-24(35-31-26(30-32-35)19-9-7-6-8-10-19)18-33(16-22)23-12-11-20-17-34(29(38)39-3)25(15-21(20)13-23)28(37)41-5-2/h6-10,20-25H,4-5,11-18H2,1-3H3/t20?,21?,22-,23?,24-,25?/m0/s1. The van der Waals surface area contributed by atoms with Crippen LogP contribution in [0.25, 0.3) is 11.4 Å². The first kappa shape index (κ1) is 29.0. The molecule has 12 nitrogen and oxygen atoms in total. The van der Waals surface area contributed by atoms with Gasteiger partial charge in [0.05, 0.1) is 32.3 Å². The van der Waals surface area contributed by atoms with E-state index in [1.807, 2.05) is 37.3 Å². The number of piperidine rings is 2. The molecular formula is C29H40N6O6. The van der Waals surface area contributed by atoms with Gasteiger partial charge in [-0.25, -0.2) is 9.59 Å². The Balaban J connectivity index is 1.33. The second-order valence-electron chi connectivity index (χ2n) is 11.2. The van der Waals surface area contributed by atoms with Gasteiger partial charge in [-0.3, -0.25) is 14.6 Å². The number of ether oxygens (including phenoxy) is 3. The Morgan fingerprint density at radius 2 is 1.63 bits per heavy atom. The maximum atomic E-state index is 13.0. The van der Waals surface area contributed by atoms with E-state index in [0.29, 0.717) is 44.9 Å². The molecule has 4 unspecified atom stereocenters. The molecule has 6 atom stereocenters. The molecule has 2 aromatic rings. The largest absolute Gasteiger partial charge is 0.466 e. The van der Waals surface area contributed by atoms with E-state index in [9.17, 15) is 14.4 Å². The second kappa shape index (κ2) is 13.0. The van der Waals surface area contributed by atoms with E-state index in [4.69, 9.17) is 14.2 Å². The number of carbonyl (C=O) groups is 3. The number of tetrazole rings is 1. The van der Waals surface area contributed by atoms with Gasteiger partial charge in [-0.2, -0.15) is 4.80 Å². The van der Waals surface area contributed by atoms with Crippen molar-refractivity contribution in [3.8, 4) is 11.4 Å². The van der Waals surface area contributed by atoms with Crippen LogP contribution in [-0.4, -0.2) is 100 Å². The van der Waals surface area contributed by atoms with E-state index in [1.54, 1.807) is 11.7 Å². The molecule has 0 bridgehead atoms. The lowest BCUT2D eigenvalue weighted by Gasteiger charge is -2.49. The molecule has 2 saturated heterocycles. The van der Waals surface area contributed by atoms with Gasteiger partial charge in [0, 0.05) is 31.2 Å². The maximum absolute atomic E-state index is 13.0. The minimum atomic E-state index is -0.653. The van der Waals surface area contributed by atoms with Crippen molar-refractivity contribution >= 4 is 18.0 Å². The number of rotatable bonds is 7. The zero-order valence-electron chi connectivity index (χ0n) is 24.1. The van der Waals surface area contributed by atoms with Crippen molar-refractivity contribution in [2.45, 2.75) is 64.1 Å². The summed E-state index contributed by atoms with van der Waals surface area (Å²) in [5.74, 6) is 0.199. The predicted molar refractivity (Wildman–Crippen MR) is 147 cm³/mol. The van der Waals surface area contributed by atoms with Crippen molar-refractivity contribution in [3.63, 3.8) is 0 Å². The number of likely N-dealkylation sites (tertiary alicyclic amines) is 2. The van der Waals surface area contributed by atoms with Crippen molar-refractivity contribution in [2.24, 2.45) is 17.8 Å². The molecule has 222 valence electrons. The fraction of sp³-hybridized carbons (Fsp3) is 0.655. The molecule has 41 heavy (non-hydrogen) atoms. The van der Waals surface area contributed by atoms with Gasteiger partial charge in [0.1, 0.15) is 6.04 Å². The van der Waals surface area contributed by atoms with Crippen molar-refractivity contribution in [3.05, 3.63) is 30.3 Å². The predicted octanol–water partition coefficient (Wildman–Crippen LogP) is 2.95. The van der Waals surface area contributed by atoms with E-state index in [0.717, 1.165) is 24.8 Å². The fourth-order valence-corrected chi connectivity index (χ4v) is 6.82. The first-order valence-electron chi connectivity index (χ1n) is 14.7. The molecule has 5 rings (SSSR count). The van der Waals surface area contributed by atoms with Crippen molar-refractivity contribution in [1.82, 2.24) is 30.0 Å². The molecule has 1 amide bonds. The quantitative estimate of drug-likeness (QED) is 0.363. The van der Waals surface area contributed by atoms with Crippen LogP contribution in [0.4, 0.5) is 4.79 Å². The smallest absolute Gasteiger partial charge is 0.410 e. The van der Waals surface area contributed by atoms with E-state index < -0.39 is 12.1 Å². The lowest BCUT2D eigenvalue weighted by atomic mass is 9.70. The molecule has 0 N–H and O–H groups in total. The fourth-order valence-electron chi connectivity index (χ4n) is 6.82. The van der Waals surface area contributed by atoms with Gasteiger partial charge in [-0.05, 0) is 63.0 Å². The highest BCUT2D eigenvalue weighted by molar-refractivity contribution is 5.81. The highest BCUT2D eigenvalue weighted by Crippen LogP contribution is 2.42. The lowest BCUT2D eigenvalue weighted by Crippen LogP contribution is -2.57. The van der Waals surface area contributed by atoms with Crippen LogP contribution in [0.5, 0.6) is 0 Å². The summed E-state index contributed by atoms with van der Waals surface area (Å²) in [5, 5.41) is 13.3. The van der Waals surface area contributed by atoms with Crippen LogP contribution in [0.1, 0.15) is 52.0 Å². The molecule has 1 aliphatic carbocycles. The van der Waals surface area contributed by atoms with Gasteiger partial charge in [0.25, 0.3) is 0 Å². The average molecular weight is 569 g/mol. The third-order valence-corrected chi connectivity index (χ3v) is 8.79. The van der Waals surface area contributed by atoms with Gasteiger partial charge in [-0.1, -0.05) is 30.3 Å². The summed E-state index contributed by atoms with van der Waals surface area (Å²) in [7, 11) is 1.34. The zero-order chi connectivity index (χ0) is 28.9. The minimum Gasteiger partial charge on any atom is -0.466 e. The Labute approximate surface area is 240 Å². The van der Waals surface area contributed by atoms with Crippen LogP contribution in [-0.2, 0) is 23.8 Å². The van der Waals surface area contributed by atoms with Crippen LogP contribution in [0.15, 0.2) is 30.3 Å². The SMILES string of the molecule is CCOC(=O)C1CC2CC(N3C[C@@H](C(=O)OCC)C[C@H](n4nnc(-c5ccccc5)n4)C3)CCC2CN1C(=O)OC. The summed E-state index contributed by atoms with van der Waals surface area (Å²) in [6.45, 7) is 5.95. The first-order chi connectivity index (χ1) is 19.9. The average Bonchev–Trinajstić information content (AvgIpc) is 3.51. The highest BCUT2D eigenvalue weighted by atomic mass is 16.6. The van der Waals surface area contributed by atoms with Crippen LogP contribution < -0.4 is 0 Å². The summed E-state index contributed by atoms with van der Waals surface area (Å²) in [6, 6.07) is 9.16. The summed E-state index contributed by atoms with van der Waals surface area (Å²) >= 11 is 0. The van der Waals surface area contributed by atoms with Crippen molar-refractivity contribution in [1.29, 1.82) is 0 Å². The van der Waals surface area contributed by atoms with E-state index in [1.165, 1.54) is 12.0 Å². The number of hydrogen-bond acceptors (Lipinski definition) is 10. The normalized spacial score (nSPS) is 28.4. The molecule has 2 aliphatic heterocycles. The summed E-state index contributed by atoms with van der Waals surface area (Å²) in [4.78, 5) is 43.8. The Hall–Kier alpha value is -3.54. The number of nitrogens with zero attached hydrogens (tertiary/aromatic N) is 6. The number of fused-ring (bicyclic) bond motifs is 1. The third kappa shape index (κ3) is 6.37. The number of amides is 1. The Kier molecular flexibility index (Phi) is 9.16. The third-order valence-electron chi connectivity index (χ3n) is 8.79. The van der Waals surface area contributed by atoms with Gasteiger partial charge in [0.2, 0.25) is 5.82 Å². The first-order valence-corrected chi connectivity index (χ1v) is 14.7. The highest BCUT2D eigenvalue weighted by Gasteiger charge is 2.47. The van der Waals surface area contributed by atoms with Crippen LogP contribution in [0.3, 0.4) is 0 Å². The number of aromatic nitrogens is 4. The number of esters is 2. The number of carbonyl (C=O) groups excluding carboxylic acids is 3. The van der Waals surface area contributed by atoms with Crippen LogP contribution >= 0.6 is 0 Å². The summed E-state index contributed by atoms with van der Waals surface area (Å²) in [6.07, 6.45) is 3.36. The monoisotopic (exact) mass is 568 g/mol. The number of methoxy groups -OCH3 is 1.